The summed E-state index contributed by atoms with van der Waals surface area (Å²) in [6.45, 7) is 0.421. The Morgan fingerprint density at radius 3 is 2.30 bits per heavy atom. The lowest BCUT2D eigenvalue weighted by Crippen LogP contribution is -2.31. The van der Waals surface area contributed by atoms with Crippen molar-refractivity contribution in [1.29, 1.82) is 0 Å². The molecule has 10 nitrogen and oxygen atoms in total. The summed E-state index contributed by atoms with van der Waals surface area (Å²) in [5.74, 6) is 0.611. The van der Waals surface area contributed by atoms with E-state index in [4.69, 9.17) is 9.47 Å². The molecule has 0 bridgehead atoms. The van der Waals surface area contributed by atoms with Gasteiger partial charge >= 0.3 is 6.03 Å². The molecule has 3 atom stereocenters. The fourth-order valence-corrected chi connectivity index (χ4v) is 5.78. The van der Waals surface area contributed by atoms with Crippen molar-refractivity contribution in [1.82, 2.24) is 25.5 Å². The van der Waals surface area contributed by atoms with E-state index >= 15 is 0 Å². The van der Waals surface area contributed by atoms with Gasteiger partial charge < -0.3 is 25.2 Å². The standard InChI is InChI=1S/C33H32N6O4S/c40-21-24-11-13-25(14-12-24)30-19-29(22-44-33-36-37-38-39(33)28-9-5-2-6-10-28)42-31(43-30)26-15-17-27(18-16-26)35-32(41)34-20-23-7-3-1-4-8-23/h1-18,29-31,40H,19-22H2,(H2,34,35,41)/t29-,30+,31+/m0/s1. The normalized spacial score (nSPS) is 18.1. The number of carbonyl (C=O) groups excluding carboxylic acids is 1. The Balaban J connectivity index is 1.14. The van der Waals surface area contributed by atoms with Crippen molar-refractivity contribution in [3.05, 3.63) is 131 Å². The molecule has 3 N–H and O–H groups in total. The van der Waals surface area contributed by atoms with Crippen LogP contribution in [0, 0.1) is 0 Å². The number of rotatable bonds is 10. The Labute approximate surface area is 259 Å². The molecule has 0 unspecified atom stereocenters. The van der Waals surface area contributed by atoms with Gasteiger partial charge in [0, 0.05) is 30.0 Å². The largest absolute Gasteiger partial charge is 0.392 e. The van der Waals surface area contributed by atoms with Crippen LogP contribution in [0.25, 0.3) is 5.69 Å². The van der Waals surface area contributed by atoms with Crippen molar-refractivity contribution < 1.29 is 19.4 Å². The number of hydrogen-bond acceptors (Lipinski definition) is 8. The third kappa shape index (κ3) is 7.50. The predicted octanol–water partition coefficient (Wildman–Crippen LogP) is 5.81. The minimum atomic E-state index is -0.622. The second kappa shape index (κ2) is 14.3. The van der Waals surface area contributed by atoms with Gasteiger partial charge in [0.25, 0.3) is 0 Å². The van der Waals surface area contributed by atoms with Crippen LogP contribution in [0.4, 0.5) is 10.5 Å². The van der Waals surface area contributed by atoms with Crippen molar-refractivity contribution in [3.63, 3.8) is 0 Å². The van der Waals surface area contributed by atoms with Gasteiger partial charge in [-0.1, -0.05) is 96.7 Å². The Bertz CT molecular complexity index is 1630. The number of carbonyl (C=O) groups is 1. The number of nitrogens with one attached hydrogen (secondary N) is 2. The van der Waals surface area contributed by atoms with E-state index in [-0.39, 0.29) is 24.8 Å². The Morgan fingerprint density at radius 1 is 0.864 bits per heavy atom. The third-order valence-electron chi connectivity index (χ3n) is 7.19. The van der Waals surface area contributed by atoms with E-state index in [0.717, 1.165) is 27.9 Å². The maximum Gasteiger partial charge on any atom is 0.319 e. The van der Waals surface area contributed by atoms with E-state index in [0.29, 0.717) is 29.6 Å². The van der Waals surface area contributed by atoms with Crippen LogP contribution in [-0.2, 0) is 22.6 Å². The van der Waals surface area contributed by atoms with Crippen LogP contribution < -0.4 is 10.6 Å². The quantitative estimate of drug-likeness (QED) is 0.170. The van der Waals surface area contributed by atoms with Gasteiger partial charge in [-0.15, -0.1) is 5.10 Å². The van der Waals surface area contributed by atoms with Crippen molar-refractivity contribution in [2.45, 2.75) is 43.2 Å². The highest BCUT2D eigenvalue weighted by atomic mass is 32.2. The zero-order valence-electron chi connectivity index (χ0n) is 23.8. The molecule has 224 valence electrons. The lowest BCUT2D eigenvalue weighted by atomic mass is 10.0. The van der Waals surface area contributed by atoms with Crippen molar-refractivity contribution >= 4 is 23.5 Å². The number of para-hydroxylation sites is 1. The SMILES string of the molecule is O=C(NCc1ccccc1)Nc1ccc([C@@H]2O[C@H](CSc3nnnn3-c3ccccc3)C[C@H](c3ccc(CO)cc3)O2)cc1. The maximum atomic E-state index is 12.4. The Kier molecular flexibility index (Phi) is 9.58. The number of aliphatic hydroxyl groups is 1. The topological polar surface area (TPSA) is 123 Å². The summed E-state index contributed by atoms with van der Waals surface area (Å²) in [7, 11) is 0. The zero-order valence-corrected chi connectivity index (χ0v) is 24.6. The summed E-state index contributed by atoms with van der Waals surface area (Å²) in [5, 5.41) is 28.2. The van der Waals surface area contributed by atoms with Crippen molar-refractivity contribution in [2.24, 2.45) is 0 Å². The molecule has 2 heterocycles. The monoisotopic (exact) mass is 608 g/mol. The molecule has 0 radical (unpaired) electrons. The van der Waals surface area contributed by atoms with Crippen LogP contribution >= 0.6 is 11.8 Å². The summed E-state index contributed by atoms with van der Waals surface area (Å²) in [6, 6.07) is 34.5. The van der Waals surface area contributed by atoms with Crippen LogP contribution in [0.1, 0.15) is 41.1 Å². The van der Waals surface area contributed by atoms with E-state index < -0.39 is 6.29 Å². The molecule has 44 heavy (non-hydrogen) atoms. The minimum absolute atomic E-state index is 0.0163. The van der Waals surface area contributed by atoms with Gasteiger partial charge in [-0.2, -0.15) is 4.68 Å². The molecule has 1 aliphatic heterocycles. The molecule has 1 aliphatic rings. The first-order valence-corrected chi connectivity index (χ1v) is 15.3. The lowest BCUT2D eigenvalue weighted by Gasteiger charge is -2.36. The molecule has 1 aromatic heterocycles. The number of amides is 2. The van der Waals surface area contributed by atoms with Crippen LogP contribution in [0.3, 0.4) is 0 Å². The van der Waals surface area contributed by atoms with Gasteiger partial charge in [0.05, 0.1) is 24.5 Å². The lowest BCUT2D eigenvalue weighted by molar-refractivity contribution is -0.245. The minimum Gasteiger partial charge on any atom is -0.392 e. The number of aromatic nitrogens is 4. The highest BCUT2D eigenvalue weighted by Crippen LogP contribution is 2.39. The first-order valence-electron chi connectivity index (χ1n) is 14.3. The fraction of sp³-hybridized carbons (Fsp3) is 0.212. The fourth-order valence-electron chi connectivity index (χ4n) is 4.87. The van der Waals surface area contributed by atoms with E-state index in [1.807, 2.05) is 109 Å². The number of aliphatic hydroxyl groups excluding tert-OH is 1. The average Bonchev–Trinajstić information content (AvgIpc) is 3.56. The molecule has 0 spiro atoms. The summed E-state index contributed by atoms with van der Waals surface area (Å²) in [4.78, 5) is 12.4. The van der Waals surface area contributed by atoms with Gasteiger partial charge in [-0.3, -0.25) is 0 Å². The second-order valence-corrected chi connectivity index (χ2v) is 11.3. The van der Waals surface area contributed by atoms with Crippen molar-refractivity contribution in [3.8, 4) is 5.69 Å². The van der Waals surface area contributed by atoms with Gasteiger partial charge in [-0.05, 0) is 51.4 Å². The molecule has 6 rings (SSSR count). The number of benzene rings is 4. The zero-order chi connectivity index (χ0) is 30.1. The number of ether oxygens (including phenoxy) is 2. The molecular formula is C33H32N6O4S. The Morgan fingerprint density at radius 2 is 1.57 bits per heavy atom. The highest BCUT2D eigenvalue weighted by molar-refractivity contribution is 7.99. The van der Waals surface area contributed by atoms with E-state index in [9.17, 15) is 9.90 Å². The van der Waals surface area contributed by atoms with Crippen LogP contribution in [0.2, 0.25) is 0 Å². The van der Waals surface area contributed by atoms with E-state index in [1.165, 1.54) is 11.8 Å². The number of thioether (sulfide) groups is 1. The van der Waals surface area contributed by atoms with E-state index in [1.54, 1.807) is 4.68 Å². The molecule has 0 aliphatic carbocycles. The first kappa shape index (κ1) is 29.5. The highest BCUT2D eigenvalue weighted by Gasteiger charge is 2.32. The third-order valence-corrected chi connectivity index (χ3v) is 8.24. The second-order valence-electron chi connectivity index (χ2n) is 10.3. The molecule has 1 fully saturated rings. The number of urea groups is 1. The summed E-state index contributed by atoms with van der Waals surface area (Å²) in [6.07, 6.45) is -0.374. The Hall–Kier alpha value is -4.55. The number of nitrogens with zero attached hydrogens (tertiary/aromatic N) is 4. The number of hydrogen-bond donors (Lipinski definition) is 3. The van der Waals surface area contributed by atoms with Gasteiger partial charge in [0.15, 0.2) is 6.29 Å². The van der Waals surface area contributed by atoms with Crippen LogP contribution in [-0.4, -0.2) is 43.2 Å². The van der Waals surface area contributed by atoms with E-state index in [2.05, 4.69) is 26.2 Å². The smallest absolute Gasteiger partial charge is 0.319 e. The number of tetrazole rings is 1. The predicted molar refractivity (Wildman–Crippen MR) is 167 cm³/mol. The van der Waals surface area contributed by atoms with Gasteiger partial charge in [0.2, 0.25) is 5.16 Å². The van der Waals surface area contributed by atoms with Crippen molar-refractivity contribution in [2.75, 3.05) is 11.1 Å². The summed E-state index contributed by atoms with van der Waals surface area (Å²) >= 11 is 1.53. The van der Waals surface area contributed by atoms with Crippen LogP contribution in [0.5, 0.6) is 0 Å². The average molecular weight is 609 g/mol. The molecular weight excluding hydrogens is 576 g/mol. The number of anilines is 1. The molecule has 0 saturated carbocycles. The summed E-state index contributed by atoms with van der Waals surface area (Å²) < 4.78 is 14.6. The molecule has 11 heteroatoms. The van der Waals surface area contributed by atoms with Gasteiger partial charge in [-0.25, -0.2) is 4.79 Å². The molecule has 5 aromatic rings. The van der Waals surface area contributed by atoms with Gasteiger partial charge in [0.1, 0.15) is 0 Å². The molecule has 4 aromatic carbocycles. The van der Waals surface area contributed by atoms with Crippen LogP contribution in [0.15, 0.2) is 114 Å². The summed E-state index contributed by atoms with van der Waals surface area (Å²) in [5.41, 5.74) is 5.25. The first-order chi connectivity index (χ1) is 21.6. The molecule has 1 saturated heterocycles. The maximum absolute atomic E-state index is 12.4. The molecule has 2 amide bonds.